The minimum atomic E-state index is -0.539. The molecule has 0 heterocycles. The average molecular weight is 381 g/mol. The van der Waals surface area contributed by atoms with Crippen LogP contribution in [0, 0.1) is 0 Å². The van der Waals surface area contributed by atoms with Gasteiger partial charge < -0.3 is 19.0 Å². The van der Waals surface area contributed by atoms with Gasteiger partial charge in [0.05, 0.1) is 11.4 Å². The van der Waals surface area contributed by atoms with Crippen molar-refractivity contribution < 1.29 is 19.0 Å². The van der Waals surface area contributed by atoms with Crippen LogP contribution < -0.4 is 0 Å². The van der Waals surface area contributed by atoms with Gasteiger partial charge in [0, 0.05) is 19.8 Å². The average Bonchev–Trinajstić information content (AvgIpc) is 2.53. The van der Waals surface area contributed by atoms with Crippen molar-refractivity contribution in [3.05, 3.63) is 0 Å². The number of ether oxygens (including phenoxy) is 3. The summed E-state index contributed by atoms with van der Waals surface area (Å²) in [5.74, 6) is 0. The maximum Gasteiger partial charge on any atom is 0.151 e. The smallest absolute Gasteiger partial charge is 0.151 e. The molecular weight excluding hydrogens is 348 g/mol. The summed E-state index contributed by atoms with van der Waals surface area (Å²) < 4.78 is 17.2. The molecule has 0 radical (unpaired) electrons. The summed E-state index contributed by atoms with van der Waals surface area (Å²) in [5, 5.41) is 0. The molecule has 4 nitrogen and oxygen atoms in total. The lowest BCUT2D eigenvalue weighted by Crippen LogP contribution is -2.42. The van der Waals surface area contributed by atoms with Gasteiger partial charge in [0.1, 0.15) is 12.2 Å². The number of carbonyl (C=O) groups is 1. The number of rotatable bonds is 16. The van der Waals surface area contributed by atoms with Crippen molar-refractivity contribution in [2.75, 3.05) is 26.4 Å². The van der Waals surface area contributed by atoms with Gasteiger partial charge in [0.25, 0.3) is 0 Å². The first-order chi connectivity index (χ1) is 10.7. The number of carbonyl (C=O) groups excluding carboxylic acids is 1. The third kappa shape index (κ3) is 10.7. The highest BCUT2D eigenvalue weighted by molar-refractivity contribution is 9.09. The first-order valence-corrected chi connectivity index (χ1v) is 9.53. The van der Waals surface area contributed by atoms with Gasteiger partial charge in [-0.2, -0.15) is 0 Å². The van der Waals surface area contributed by atoms with Crippen molar-refractivity contribution in [2.24, 2.45) is 0 Å². The highest BCUT2D eigenvalue weighted by Gasteiger charge is 2.29. The predicted molar refractivity (Wildman–Crippen MR) is 93.8 cm³/mol. The van der Waals surface area contributed by atoms with Gasteiger partial charge in [-0.1, -0.05) is 56.0 Å². The van der Waals surface area contributed by atoms with Crippen molar-refractivity contribution >= 4 is 22.2 Å². The number of aldehydes is 1. The van der Waals surface area contributed by atoms with Gasteiger partial charge in [0.2, 0.25) is 0 Å². The van der Waals surface area contributed by atoms with Crippen LogP contribution in [0.2, 0.25) is 0 Å². The lowest BCUT2D eigenvalue weighted by molar-refractivity contribution is -0.131. The van der Waals surface area contributed by atoms with E-state index in [1.165, 1.54) is 0 Å². The first-order valence-electron chi connectivity index (χ1n) is 8.61. The predicted octanol–water partition coefficient (Wildman–Crippen LogP) is 4.14. The molecule has 0 aliphatic heterocycles. The molecule has 0 N–H and O–H groups in total. The summed E-state index contributed by atoms with van der Waals surface area (Å²) >= 11 is 3.61. The Bertz CT molecular complexity index is 251. The van der Waals surface area contributed by atoms with E-state index in [1.807, 2.05) is 0 Å². The van der Waals surface area contributed by atoms with Crippen molar-refractivity contribution in [1.29, 1.82) is 0 Å². The zero-order valence-electron chi connectivity index (χ0n) is 14.4. The Morgan fingerprint density at radius 2 is 1.45 bits per heavy atom. The number of hydrogen-bond acceptors (Lipinski definition) is 4. The van der Waals surface area contributed by atoms with Crippen LogP contribution in [0.5, 0.6) is 0 Å². The van der Waals surface area contributed by atoms with E-state index in [0.29, 0.717) is 19.8 Å². The third-order valence-corrected chi connectivity index (χ3v) is 4.14. The summed E-state index contributed by atoms with van der Waals surface area (Å²) in [4.78, 5) is 11.3. The van der Waals surface area contributed by atoms with Crippen LogP contribution in [0.25, 0.3) is 0 Å². The minimum Gasteiger partial charge on any atom is -0.380 e. The monoisotopic (exact) mass is 380 g/mol. The summed E-state index contributed by atoms with van der Waals surface area (Å²) in [6.45, 7) is 8.84. The van der Waals surface area contributed by atoms with E-state index in [2.05, 4.69) is 36.7 Å². The molecule has 3 atom stereocenters. The summed E-state index contributed by atoms with van der Waals surface area (Å²) in [5.41, 5.74) is 0. The van der Waals surface area contributed by atoms with Crippen LogP contribution in [0.15, 0.2) is 0 Å². The molecule has 132 valence electrons. The zero-order valence-corrected chi connectivity index (χ0v) is 16.0. The molecule has 0 rings (SSSR count). The van der Waals surface area contributed by atoms with Gasteiger partial charge in [-0.15, -0.1) is 0 Å². The highest BCUT2D eigenvalue weighted by Crippen LogP contribution is 2.17. The maximum atomic E-state index is 11.4. The minimum absolute atomic E-state index is 0.0435. The standard InChI is InChI=1S/C17H33BrO4/c1-4-7-10-20-14-15(18)17(22-12-9-6-3)16(13-19)21-11-8-5-2/h13,15-17H,4-12,14H2,1-3H3/t15-,16+,17+/m1/s1. The van der Waals surface area contributed by atoms with Gasteiger partial charge >= 0.3 is 0 Å². The molecule has 0 unspecified atom stereocenters. The lowest BCUT2D eigenvalue weighted by Gasteiger charge is -2.28. The van der Waals surface area contributed by atoms with Crippen molar-refractivity contribution in [2.45, 2.75) is 76.3 Å². The second-order valence-corrected chi connectivity index (χ2v) is 6.63. The molecule has 0 fully saturated rings. The molecule has 0 bridgehead atoms. The van der Waals surface area contributed by atoms with Crippen LogP contribution in [-0.4, -0.2) is 49.7 Å². The van der Waals surface area contributed by atoms with E-state index >= 15 is 0 Å². The molecule has 0 saturated carbocycles. The molecule has 22 heavy (non-hydrogen) atoms. The Hall–Kier alpha value is 0.0300. The van der Waals surface area contributed by atoms with Gasteiger partial charge in [-0.05, 0) is 19.3 Å². The van der Waals surface area contributed by atoms with Crippen molar-refractivity contribution in [3.63, 3.8) is 0 Å². The number of halogens is 1. The Morgan fingerprint density at radius 3 is 2.00 bits per heavy atom. The molecule has 0 saturated heterocycles. The van der Waals surface area contributed by atoms with E-state index < -0.39 is 6.10 Å². The normalized spacial score (nSPS) is 15.5. The Balaban J connectivity index is 4.43. The number of hydrogen-bond donors (Lipinski definition) is 0. The van der Waals surface area contributed by atoms with Crippen molar-refractivity contribution in [3.8, 4) is 0 Å². The maximum absolute atomic E-state index is 11.4. The fourth-order valence-electron chi connectivity index (χ4n) is 1.88. The number of alkyl halides is 1. The molecule has 0 aliphatic carbocycles. The van der Waals surface area contributed by atoms with Gasteiger partial charge in [-0.3, -0.25) is 0 Å². The lowest BCUT2D eigenvalue weighted by atomic mass is 10.1. The van der Waals surface area contributed by atoms with E-state index in [0.717, 1.165) is 51.4 Å². The van der Waals surface area contributed by atoms with Crippen LogP contribution >= 0.6 is 15.9 Å². The highest BCUT2D eigenvalue weighted by atomic mass is 79.9. The summed E-state index contributed by atoms with van der Waals surface area (Å²) in [7, 11) is 0. The largest absolute Gasteiger partial charge is 0.380 e. The van der Waals surface area contributed by atoms with Crippen LogP contribution in [0.1, 0.15) is 59.3 Å². The molecule has 0 aromatic carbocycles. The molecular formula is C17H33BrO4. The molecule has 0 aromatic heterocycles. The second-order valence-electron chi connectivity index (χ2n) is 5.46. The first kappa shape index (κ1) is 22.0. The quantitative estimate of drug-likeness (QED) is 0.229. The van der Waals surface area contributed by atoms with E-state index in [1.54, 1.807) is 0 Å². The van der Waals surface area contributed by atoms with Crippen molar-refractivity contribution in [1.82, 2.24) is 0 Å². The zero-order chi connectivity index (χ0) is 16.6. The molecule has 5 heteroatoms. The fourth-order valence-corrected chi connectivity index (χ4v) is 2.52. The Morgan fingerprint density at radius 1 is 0.909 bits per heavy atom. The van der Waals surface area contributed by atoms with E-state index in [4.69, 9.17) is 14.2 Å². The molecule has 0 aromatic rings. The molecule has 0 aliphatic rings. The van der Waals surface area contributed by atoms with Gasteiger partial charge in [-0.25, -0.2) is 0 Å². The second kappa shape index (κ2) is 15.9. The SMILES string of the molecule is CCCCOC[C@@H](Br)[C@H](OCCCC)[C@H](C=O)OCCCC. The summed E-state index contributed by atoms with van der Waals surface area (Å²) in [6.07, 6.45) is 6.21. The number of unbranched alkanes of at least 4 members (excludes halogenated alkanes) is 3. The van der Waals surface area contributed by atoms with Gasteiger partial charge in [0.15, 0.2) is 6.29 Å². The fraction of sp³-hybridized carbons (Fsp3) is 0.941. The Kier molecular flexibility index (Phi) is 15.9. The van der Waals surface area contributed by atoms with Crippen LogP contribution in [0.4, 0.5) is 0 Å². The summed E-state index contributed by atoms with van der Waals surface area (Å²) in [6, 6.07) is 0. The van der Waals surface area contributed by atoms with Crippen LogP contribution in [-0.2, 0) is 19.0 Å². The molecule has 0 spiro atoms. The molecule has 0 amide bonds. The topological polar surface area (TPSA) is 44.8 Å². The van der Waals surface area contributed by atoms with E-state index in [-0.39, 0.29) is 10.9 Å². The Labute approximate surface area is 144 Å². The third-order valence-electron chi connectivity index (χ3n) is 3.35. The van der Waals surface area contributed by atoms with E-state index in [9.17, 15) is 4.79 Å². The van der Waals surface area contributed by atoms with Crippen LogP contribution in [0.3, 0.4) is 0 Å².